The van der Waals surface area contributed by atoms with Crippen molar-refractivity contribution in [3.8, 4) is 0 Å². The van der Waals surface area contributed by atoms with Crippen LogP contribution >= 0.6 is 0 Å². The molecule has 0 radical (unpaired) electrons. The highest BCUT2D eigenvalue weighted by atomic mass is 19.1. The standard InChI is InChI=1S/C14H18FNO/c1-8(2)13(16-4)14-9(3)11-7-10(15)5-6-12(11)17-14/h5-8,13,16H,1-4H3. The SMILES string of the molecule is CNC(c1oc2ccc(F)cc2c1C)C(C)C. The minimum atomic E-state index is -0.224. The van der Waals surface area contributed by atoms with Crippen LogP contribution in [0.3, 0.4) is 0 Å². The first-order valence-electron chi connectivity index (χ1n) is 5.90. The van der Waals surface area contributed by atoms with Crippen molar-refractivity contribution in [2.24, 2.45) is 5.92 Å². The van der Waals surface area contributed by atoms with Gasteiger partial charge in [0.15, 0.2) is 0 Å². The molecule has 1 aromatic heterocycles. The first kappa shape index (κ1) is 12.1. The largest absolute Gasteiger partial charge is 0.459 e. The zero-order valence-electron chi connectivity index (χ0n) is 10.7. The molecule has 2 rings (SSSR count). The van der Waals surface area contributed by atoms with Gasteiger partial charge in [-0.25, -0.2) is 4.39 Å². The molecule has 2 nitrogen and oxygen atoms in total. The lowest BCUT2D eigenvalue weighted by Gasteiger charge is -2.18. The Morgan fingerprint density at radius 2 is 2.00 bits per heavy atom. The van der Waals surface area contributed by atoms with Gasteiger partial charge < -0.3 is 9.73 Å². The second-order valence-corrected chi connectivity index (χ2v) is 4.74. The second-order valence-electron chi connectivity index (χ2n) is 4.74. The molecule has 0 bridgehead atoms. The van der Waals surface area contributed by atoms with Crippen LogP contribution in [0.2, 0.25) is 0 Å². The predicted octanol–water partition coefficient (Wildman–Crippen LogP) is 3.80. The van der Waals surface area contributed by atoms with Crippen LogP contribution in [-0.2, 0) is 0 Å². The summed E-state index contributed by atoms with van der Waals surface area (Å²) in [6, 6.07) is 4.81. The van der Waals surface area contributed by atoms with Gasteiger partial charge in [0, 0.05) is 10.9 Å². The molecule has 92 valence electrons. The smallest absolute Gasteiger partial charge is 0.134 e. The molecule has 1 unspecified atom stereocenters. The minimum Gasteiger partial charge on any atom is -0.459 e. The van der Waals surface area contributed by atoms with Crippen molar-refractivity contribution in [1.29, 1.82) is 0 Å². The molecule has 2 aromatic rings. The molecule has 0 amide bonds. The van der Waals surface area contributed by atoms with Crippen LogP contribution in [0.4, 0.5) is 4.39 Å². The summed E-state index contributed by atoms with van der Waals surface area (Å²) in [5, 5.41) is 4.11. The number of halogens is 1. The highest BCUT2D eigenvalue weighted by Crippen LogP contribution is 2.32. The summed E-state index contributed by atoms with van der Waals surface area (Å²) in [5.74, 6) is 1.10. The average Bonchev–Trinajstić information content (AvgIpc) is 2.58. The topological polar surface area (TPSA) is 25.2 Å². The maximum Gasteiger partial charge on any atom is 0.134 e. The van der Waals surface area contributed by atoms with Gasteiger partial charge in [0.05, 0.1) is 6.04 Å². The summed E-state index contributed by atoms with van der Waals surface area (Å²) in [5.41, 5.74) is 1.77. The number of aryl methyl sites for hydroxylation is 1. The summed E-state index contributed by atoms with van der Waals surface area (Å²) in [4.78, 5) is 0. The molecular weight excluding hydrogens is 217 g/mol. The Hall–Kier alpha value is -1.35. The first-order valence-corrected chi connectivity index (χ1v) is 5.90. The molecule has 1 atom stereocenters. The first-order chi connectivity index (χ1) is 8.04. The number of fused-ring (bicyclic) bond motifs is 1. The molecule has 0 saturated carbocycles. The van der Waals surface area contributed by atoms with E-state index in [1.165, 1.54) is 12.1 Å². The number of furan rings is 1. The maximum absolute atomic E-state index is 13.2. The molecule has 0 spiro atoms. The Balaban J connectivity index is 2.59. The van der Waals surface area contributed by atoms with Gasteiger partial charge in [0.2, 0.25) is 0 Å². The van der Waals surface area contributed by atoms with E-state index >= 15 is 0 Å². The van der Waals surface area contributed by atoms with E-state index in [0.717, 1.165) is 22.3 Å². The number of nitrogens with one attached hydrogen (secondary N) is 1. The Kier molecular flexibility index (Phi) is 3.20. The van der Waals surface area contributed by atoms with Gasteiger partial charge in [-0.05, 0) is 38.1 Å². The number of benzene rings is 1. The second kappa shape index (κ2) is 4.49. The van der Waals surface area contributed by atoms with Crippen molar-refractivity contribution in [2.75, 3.05) is 7.05 Å². The fourth-order valence-corrected chi connectivity index (χ4v) is 2.28. The monoisotopic (exact) mass is 235 g/mol. The Morgan fingerprint density at radius 1 is 1.29 bits per heavy atom. The van der Waals surface area contributed by atoms with Crippen LogP contribution in [0.5, 0.6) is 0 Å². The Labute approximate surface area is 101 Å². The predicted molar refractivity (Wildman–Crippen MR) is 67.5 cm³/mol. The average molecular weight is 235 g/mol. The molecule has 1 N–H and O–H groups in total. The van der Waals surface area contributed by atoms with E-state index in [9.17, 15) is 4.39 Å². The molecule has 0 fully saturated rings. The molecular formula is C14H18FNO. The van der Waals surface area contributed by atoms with E-state index in [2.05, 4.69) is 19.2 Å². The zero-order chi connectivity index (χ0) is 12.6. The number of hydrogen-bond donors (Lipinski definition) is 1. The van der Waals surface area contributed by atoms with E-state index in [1.54, 1.807) is 6.07 Å². The van der Waals surface area contributed by atoms with E-state index in [4.69, 9.17) is 4.42 Å². The quantitative estimate of drug-likeness (QED) is 0.875. The summed E-state index contributed by atoms with van der Waals surface area (Å²) < 4.78 is 19.0. The van der Waals surface area contributed by atoms with Gasteiger partial charge in [-0.1, -0.05) is 13.8 Å². The number of hydrogen-bond acceptors (Lipinski definition) is 2. The van der Waals surface area contributed by atoms with Crippen LogP contribution in [0.25, 0.3) is 11.0 Å². The van der Waals surface area contributed by atoms with Crippen molar-refractivity contribution in [1.82, 2.24) is 5.32 Å². The third-order valence-corrected chi connectivity index (χ3v) is 3.20. The lowest BCUT2D eigenvalue weighted by molar-refractivity contribution is 0.368. The summed E-state index contributed by atoms with van der Waals surface area (Å²) >= 11 is 0. The lowest BCUT2D eigenvalue weighted by Crippen LogP contribution is -2.21. The highest BCUT2D eigenvalue weighted by Gasteiger charge is 2.21. The van der Waals surface area contributed by atoms with E-state index in [1.807, 2.05) is 14.0 Å². The van der Waals surface area contributed by atoms with Crippen LogP contribution in [-0.4, -0.2) is 7.05 Å². The maximum atomic E-state index is 13.2. The third-order valence-electron chi connectivity index (χ3n) is 3.20. The fraction of sp³-hybridized carbons (Fsp3) is 0.429. The van der Waals surface area contributed by atoms with Crippen molar-refractivity contribution in [3.05, 3.63) is 35.3 Å². The fourth-order valence-electron chi connectivity index (χ4n) is 2.28. The normalized spacial score (nSPS) is 13.5. The van der Waals surface area contributed by atoms with Gasteiger partial charge in [0.25, 0.3) is 0 Å². The molecule has 17 heavy (non-hydrogen) atoms. The lowest BCUT2D eigenvalue weighted by atomic mass is 9.98. The van der Waals surface area contributed by atoms with Gasteiger partial charge in [-0.2, -0.15) is 0 Å². The van der Waals surface area contributed by atoms with Crippen LogP contribution < -0.4 is 5.32 Å². The van der Waals surface area contributed by atoms with Crippen LogP contribution in [0.15, 0.2) is 22.6 Å². The van der Waals surface area contributed by atoms with Gasteiger partial charge in [-0.3, -0.25) is 0 Å². The van der Waals surface area contributed by atoms with Crippen molar-refractivity contribution in [2.45, 2.75) is 26.8 Å². The van der Waals surface area contributed by atoms with E-state index < -0.39 is 0 Å². The van der Waals surface area contributed by atoms with Crippen molar-refractivity contribution >= 4 is 11.0 Å². The molecule has 1 heterocycles. The van der Waals surface area contributed by atoms with Gasteiger partial charge in [-0.15, -0.1) is 0 Å². The van der Waals surface area contributed by atoms with Crippen molar-refractivity contribution < 1.29 is 8.81 Å². The van der Waals surface area contributed by atoms with Crippen molar-refractivity contribution in [3.63, 3.8) is 0 Å². The van der Waals surface area contributed by atoms with E-state index in [-0.39, 0.29) is 11.9 Å². The molecule has 0 saturated heterocycles. The van der Waals surface area contributed by atoms with Crippen LogP contribution in [0.1, 0.15) is 31.2 Å². The summed E-state index contributed by atoms with van der Waals surface area (Å²) in [7, 11) is 1.91. The van der Waals surface area contributed by atoms with Crippen LogP contribution in [0, 0.1) is 18.7 Å². The molecule has 0 aliphatic heterocycles. The Morgan fingerprint density at radius 3 is 2.59 bits per heavy atom. The molecule has 1 aromatic carbocycles. The summed E-state index contributed by atoms with van der Waals surface area (Å²) in [6.07, 6.45) is 0. The minimum absolute atomic E-state index is 0.158. The summed E-state index contributed by atoms with van der Waals surface area (Å²) in [6.45, 7) is 6.25. The molecule has 0 aliphatic rings. The van der Waals surface area contributed by atoms with Gasteiger partial charge >= 0.3 is 0 Å². The third kappa shape index (κ3) is 2.07. The Bertz CT molecular complexity index is 530. The number of rotatable bonds is 3. The zero-order valence-corrected chi connectivity index (χ0v) is 10.7. The van der Waals surface area contributed by atoms with E-state index in [0.29, 0.717) is 5.92 Å². The molecule has 0 aliphatic carbocycles. The van der Waals surface area contributed by atoms with Gasteiger partial charge in [0.1, 0.15) is 17.2 Å². The molecule has 3 heteroatoms. The highest BCUT2D eigenvalue weighted by molar-refractivity contribution is 5.82.